The van der Waals surface area contributed by atoms with Gasteiger partial charge in [-0.25, -0.2) is 8.42 Å². The molecule has 0 spiro atoms. The van der Waals surface area contributed by atoms with Gasteiger partial charge in [-0.2, -0.15) is 0 Å². The molecule has 1 aliphatic carbocycles. The molecule has 3 aromatic rings. The maximum Gasteiger partial charge on any atom is 0.233 e. The Hall–Kier alpha value is -2.65. The number of carbonyl (C=O) groups excluding carboxylic acids is 1. The Balaban J connectivity index is 1.36. The van der Waals surface area contributed by atoms with Crippen molar-refractivity contribution < 1.29 is 13.2 Å². The molecule has 2 aliphatic rings. The van der Waals surface area contributed by atoms with Crippen molar-refractivity contribution in [1.82, 2.24) is 19.7 Å². The lowest BCUT2D eigenvalue weighted by Gasteiger charge is -2.28. The van der Waals surface area contributed by atoms with Crippen LogP contribution in [0.1, 0.15) is 36.6 Å². The maximum absolute atomic E-state index is 13.4. The van der Waals surface area contributed by atoms with Crippen molar-refractivity contribution >= 4 is 27.5 Å². The number of rotatable bonds is 8. The zero-order chi connectivity index (χ0) is 22.8. The summed E-state index contributed by atoms with van der Waals surface area (Å²) in [5.74, 6) is 1.62. The van der Waals surface area contributed by atoms with Gasteiger partial charge in [0.15, 0.2) is 15.0 Å². The number of para-hydroxylation sites is 1. The van der Waals surface area contributed by atoms with E-state index in [1.807, 2.05) is 60.7 Å². The lowest BCUT2D eigenvalue weighted by molar-refractivity contribution is -0.130. The summed E-state index contributed by atoms with van der Waals surface area (Å²) in [6.07, 6.45) is 2.70. The van der Waals surface area contributed by atoms with Gasteiger partial charge >= 0.3 is 0 Å². The fourth-order valence-corrected chi connectivity index (χ4v) is 6.81. The summed E-state index contributed by atoms with van der Waals surface area (Å²) >= 11 is 1.36. The predicted molar refractivity (Wildman–Crippen MR) is 128 cm³/mol. The Morgan fingerprint density at radius 1 is 1.00 bits per heavy atom. The summed E-state index contributed by atoms with van der Waals surface area (Å²) in [7, 11) is -3.10. The van der Waals surface area contributed by atoms with Crippen LogP contribution in [0.5, 0.6) is 0 Å². The third-order valence-electron chi connectivity index (χ3n) is 6.11. The number of sulfone groups is 1. The van der Waals surface area contributed by atoms with Crippen molar-refractivity contribution in [2.45, 2.75) is 42.9 Å². The van der Waals surface area contributed by atoms with E-state index in [0.29, 0.717) is 24.0 Å². The van der Waals surface area contributed by atoms with Crippen LogP contribution in [0.4, 0.5) is 0 Å². The molecule has 0 bridgehead atoms. The SMILES string of the molecule is O=C(CSc1nnc(C2CC2)n1-c1ccccc1)N(Cc1ccccc1)[C@@H]1CCS(=O)(=O)C1. The summed E-state index contributed by atoms with van der Waals surface area (Å²) in [5.41, 5.74) is 1.98. The fourth-order valence-electron chi connectivity index (χ4n) is 4.23. The van der Waals surface area contributed by atoms with E-state index in [-0.39, 0.29) is 29.2 Å². The quantitative estimate of drug-likeness (QED) is 0.457. The second-order valence-corrected chi connectivity index (χ2v) is 11.8. The van der Waals surface area contributed by atoms with Crippen LogP contribution in [0.25, 0.3) is 5.69 Å². The van der Waals surface area contributed by atoms with Gasteiger partial charge in [0.05, 0.1) is 17.3 Å². The normalized spacial score (nSPS) is 19.5. The van der Waals surface area contributed by atoms with Crippen molar-refractivity contribution in [1.29, 1.82) is 0 Å². The lowest BCUT2D eigenvalue weighted by Crippen LogP contribution is -2.41. The van der Waals surface area contributed by atoms with E-state index < -0.39 is 9.84 Å². The van der Waals surface area contributed by atoms with Crippen LogP contribution in [-0.4, -0.2) is 57.3 Å². The number of aromatic nitrogens is 3. The molecule has 33 heavy (non-hydrogen) atoms. The summed E-state index contributed by atoms with van der Waals surface area (Å²) in [4.78, 5) is 15.1. The summed E-state index contributed by atoms with van der Waals surface area (Å²) in [5, 5.41) is 9.52. The third-order valence-corrected chi connectivity index (χ3v) is 8.77. The molecule has 0 radical (unpaired) electrons. The zero-order valence-electron chi connectivity index (χ0n) is 18.2. The monoisotopic (exact) mass is 482 g/mol. The molecule has 2 fully saturated rings. The molecule has 2 heterocycles. The van der Waals surface area contributed by atoms with Gasteiger partial charge < -0.3 is 4.90 Å². The van der Waals surface area contributed by atoms with E-state index in [1.54, 1.807) is 4.90 Å². The van der Waals surface area contributed by atoms with E-state index in [9.17, 15) is 13.2 Å². The minimum Gasteiger partial charge on any atom is -0.334 e. The van der Waals surface area contributed by atoms with Crippen LogP contribution in [-0.2, 0) is 21.2 Å². The van der Waals surface area contributed by atoms with Crippen LogP contribution in [0.15, 0.2) is 65.8 Å². The average molecular weight is 483 g/mol. The van der Waals surface area contributed by atoms with Crippen molar-refractivity contribution in [3.05, 3.63) is 72.1 Å². The Kier molecular flexibility index (Phi) is 6.25. The number of carbonyl (C=O) groups is 1. The van der Waals surface area contributed by atoms with E-state index >= 15 is 0 Å². The minimum atomic E-state index is -3.10. The van der Waals surface area contributed by atoms with E-state index in [4.69, 9.17) is 0 Å². The molecule has 1 aromatic heterocycles. The molecule has 1 saturated carbocycles. The highest BCUT2D eigenvalue weighted by molar-refractivity contribution is 7.99. The van der Waals surface area contributed by atoms with Crippen LogP contribution < -0.4 is 0 Å². The van der Waals surface area contributed by atoms with E-state index in [2.05, 4.69) is 14.8 Å². The minimum absolute atomic E-state index is 0.0300. The molecular formula is C24H26N4O3S2. The van der Waals surface area contributed by atoms with E-state index in [1.165, 1.54) is 11.8 Å². The predicted octanol–water partition coefficient (Wildman–Crippen LogP) is 3.45. The standard InChI is InChI=1S/C24H26N4O3S2/c29-22(27(15-18-7-3-1-4-8-18)21-13-14-33(30,31)17-21)16-32-24-26-25-23(19-11-12-19)28(24)20-9-5-2-6-10-20/h1-10,19,21H,11-17H2/t21-/m1/s1. The molecule has 5 rings (SSSR count). The zero-order valence-corrected chi connectivity index (χ0v) is 19.8. The van der Waals surface area contributed by atoms with Gasteiger partial charge in [0.2, 0.25) is 5.91 Å². The van der Waals surface area contributed by atoms with Gasteiger partial charge in [0, 0.05) is 24.2 Å². The fraction of sp³-hybridized carbons (Fsp3) is 0.375. The highest BCUT2D eigenvalue weighted by Crippen LogP contribution is 2.41. The van der Waals surface area contributed by atoms with Crippen LogP contribution in [0.2, 0.25) is 0 Å². The van der Waals surface area contributed by atoms with Crippen molar-refractivity contribution in [3.8, 4) is 5.69 Å². The molecule has 0 unspecified atom stereocenters. The van der Waals surface area contributed by atoms with Gasteiger partial charge in [-0.05, 0) is 37.0 Å². The summed E-state index contributed by atoms with van der Waals surface area (Å²) < 4.78 is 26.3. The Morgan fingerprint density at radius 3 is 2.33 bits per heavy atom. The first-order valence-electron chi connectivity index (χ1n) is 11.2. The number of nitrogens with zero attached hydrogens (tertiary/aromatic N) is 4. The van der Waals surface area contributed by atoms with Crippen LogP contribution >= 0.6 is 11.8 Å². The number of amides is 1. The van der Waals surface area contributed by atoms with Gasteiger partial charge in [-0.1, -0.05) is 60.3 Å². The Labute approximate surface area is 198 Å². The number of hydrogen-bond acceptors (Lipinski definition) is 6. The van der Waals surface area contributed by atoms with Crippen LogP contribution in [0, 0.1) is 0 Å². The third kappa shape index (κ3) is 5.14. The van der Waals surface area contributed by atoms with Crippen molar-refractivity contribution in [3.63, 3.8) is 0 Å². The Bertz CT molecular complexity index is 1230. The molecule has 172 valence electrons. The van der Waals surface area contributed by atoms with Gasteiger partial charge in [0.1, 0.15) is 5.82 Å². The first-order valence-corrected chi connectivity index (χ1v) is 14.0. The van der Waals surface area contributed by atoms with Gasteiger partial charge in [-0.3, -0.25) is 9.36 Å². The molecule has 7 nitrogen and oxygen atoms in total. The van der Waals surface area contributed by atoms with Crippen molar-refractivity contribution in [2.75, 3.05) is 17.3 Å². The summed E-state index contributed by atoms with van der Waals surface area (Å²) in [6, 6.07) is 19.4. The van der Waals surface area contributed by atoms with Gasteiger partial charge in [-0.15, -0.1) is 10.2 Å². The second kappa shape index (κ2) is 9.30. The second-order valence-electron chi connectivity index (χ2n) is 8.64. The summed E-state index contributed by atoms with van der Waals surface area (Å²) in [6.45, 7) is 0.402. The maximum atomic E-state index is 13.4. The largest absolute Gasteiger partial charge is 0.334 e. The molecule has 1 amide bonds. The van der Waals surface area contributed by atoms with Crippen LogP contribution in [0.3, 0.4) is 0 Å². The number of thioether (sulfide) groups is 1. The van der Waals surface area contributed by atoms with E-state index in [0.717, 1.165) is 29.9 Å². The van der Waals surface area contributed by atoms with Crippen molar-refractivity contribution in [2.24, 2.45) is 0 Å². The molecule has 1 atom stereocenters. The molecule has 1 saturated heterocycles. The molecule has 2 aromatic carbocycles. The molecule has 1 aliphatic heterocycles. The first kappa shape index (κ1) is 22.2. The number of benzene rings is 2. The highest BCUT2D eigenvalue weighted by Gasteiger charge is 2.35. The first-order chi connectivity index (χ1) is 16.0. The average Bonchev–Trinajstić information content (AvgIpc) is 3.48. The topological polar surface area (TPSA) is 85.2 Å². The Morgan fingerprint density at radius 2 is 1.70 bits per heavy atom. The molecule has 0 N–H and O–H groups in total. The highest BCUT2D eigenvalue weighted by atomic mass is 32.2. The van der Waals surface area contributed by atoms with Gasteiger partial charge in [0.25, 0.3) is 0 Å². The number of hydrogen-bond donors (Lipinski definition) is 0. The lowest BCUT2D eigenvalue weighted by atomic mass is 10.1. The smallest absolute Gasteiger partial charge is 0.233 e. The molecular weight excluding hydrogens is 456 g/mol. The molecule has 9 heteroatoms.